The van der Waals surface area contributed by atoms with E-state index < -0.39 is 0 Å². The lowest BCUT2D eigenvalue weighted by Gasteiger charge is -2.12. The van der Waals surface area contributed by atoms with Crippen molar-refractivity contribution in [2.24, 2.45) is 5.92 Å². The number of aromatic nitrogens is 1. The quantitative estimate of drug-likeness (QED) is 0.842. The van der Waals surface area contributed by atoms with Crippen LogP contribution in [0.4, 0.5) is 0 Å². The van der Waals surface area contributed by atoms with Gasteiger partial charge in [0.1, 0.15) is 0 Å². The molecule has 0 spiro atoms. The van der Waals surface area contributed by atoms with E-state index in [9.17, 15) is 4.79 Å². The summed E-state index contributed by atoms with van der Waals surface area (Å²) in [5, 5.41) is 2.98. The molecule has 16 heavy (non-hydrogen) atoms. The third kappa shape index (κ3) is 3.05. The largest absolute Gasteiger partial charge is 0.356 e. The van der Waals surface area contributed by atoms with Gasteiger partial charge in [0.15, 0.2) is 0 Å². The number of carbonyl (C=O) groups excluding carboxylic acids is 1. The van der Waals surface area contributed by atoms with Crippen molar-refractivity contribution in [2.45, 2.75) is 32.1 Å². The van der Waals surface area contributed by atoms with Gasteiger partial charge >= 0.3 is 0 Å². The Morgan fingerprint density at radius 3 is 3.19 bits per heavy atom. The van der Waals surface area contributed by atoms with E-state index in [4.69, 9.17) is 0 Å². The van der Waals surface area contributed by atoms with E-state index in [-0.39, 0.29) is 11.8 Å². The predicted octanol–water partition coefficient (Wildman–Crippen LogP) is 1.93. The first kappa shape index (κ1) is 11.1. The summed E-state index contributed by atoms with van der Waals surface area (Å²) in [4.78, 5) is 15.8. The topological polar surface area (TPSA) is 42.0 Å². The van der Waals surface area contributed by atoms with Crippen molar-refractivity contribution in [3.05, 3.63) is 30.1 Å². The predicted molar refractivity (Wildman–Crippen MR) is 62.9 cm³/mol. The third-order valence-electron chi connectivity index (χ3n) is 3.15. The molecule has 3 nitrogen and oxygen atoms in total. The molecule has 1 aliphatic heterocycles. The van der Waals surface area contributed by atoms with E-state index in [1.807, 2.05) is 12.3 Å². The highest BCUT2D eigenvalue weighted by molar-refractivity contribution is 5.78. The molecule has 0 saturated carbocycles. The molecule has 1 aromatic rings. The monoisotopic (exact) mass is 218 g/mol. The molecule has 0 bridgehead atoms. The minimum absolute atomic E-state index is 0.197. The van der Waals surface area contributed by atoms with Crippen LogP contribution < -0.4 is 5.32 Å². The van der Waals surface area contributed by atoms with Gasteiger partial charge in [-0.1, -0.05) is 12.5 Å². The van der Waals surface area contributed by atoms with Crippen LogP contribution in [0.2, 0.25) is 0 Å². The smallest absolute Gasteiger partial charge is 0.223 e. The Kier molecular flexibility index (Phi) is 3.91. The number of hydrogen-bond donors (Lipinski definition) is 1. The number of pyridine rings is 1. The summed E-state index contributed by atoms with van der Waals surface area (Å²) in [5.41, 5.74) is 1.22. The highest BCUT2D eigenvalue weighted by Crippen LogP contribution is 2.18. The second-order valence-corrected chi connectivity index (χ2v) is 4.38. The Balaban J connectivity index is 1.86. The van der Waals surface area contributed by atoms with Crippen molar-refractivity contribution in [2.75, 3.05) is 6.54 Å². The molecular formula is C13H18N2O. The summed E-state index contributed by atoms with van der Waals surface area (Å²) in [6, 6.07) is 4.02. The minimum atomic E-state index is 0.197. The maximum absolute atomic E-state index is 11.7. The SMILES string of the molecule is O=C1NCCCCC1CCc1cccnc1. The van der Waals surface area contributed by atoms with Gasteiger partial charge in [0, 0.05) is 24.9 Å². The van der Waals surface area contributed by atoms with E-state index in [0.29, 0.717) is 0 Å². The van der Waals surface area contributed by atoms with Crippen LogP contribution in [0.5, 0.6) is 0 Å². The second-order valence-electron chi connectivity index (χ2n) is 4.38. The van der Waals surface area contributed by atoms with Gasteiger partial charge in [-0.2, -0.15) is 0 Å². The average Bonchev–Trinajstić information content (AvgIpc) is 2.53. The molecule has 2 heterocycles. The van der Waals surface area contributed by atoms with Gasteiger partial charge in [-0.25, -0.2) is 0 Å². The molecule has 1 saturated heterocycles. The Hall–Kier alpha value is -1.38. The fraction of sp³-hybridized carbons (Fsp3) is 0.538. The first-order valence-electron chi connectivity index (χ1n) is 6.03. The van der Waals surface area contributed by atoms with Crippen LogP contribution in [0, 0.1) is 5.92 Å². The first-order chi connectivity index (χ1) is 7.86. The summed E-state index contributed by atoms with van der Waals surface area (Å²) >= 11 is 0. The molecule has 2 rings (SSSR count). The molecule has 1 unspecified atom stereocenters. The van der Waals surface area contributed by atoms with Crippen LogP contribution in [0.3, 0.4) is 0 Å². The van der Waals surface area contributed by atoms with Gasteiger partial charge in [-0.15, -0.1) is 0 Å². The van der Waals surface area contributed by atoms with Gasteiger partial charge in [0.2, 0.25) is 5.91 Å². The molecule has 1 aliphatic rings. The highest BCUT2D eigenvalue weighted by atomic mass is 16.1. The van der Waals surface area contributed by atoms with Crippen LogP contribution in [0.1, 0.15) is 31.2 Å². The zero-order chi connectivity index (χ0) is 11.2. The molecule has 0 aromatic carbocycles. The molecule has 1 N–H and O–H groups in total. The number of amides is 1. The molecule has 3 heteroatoms. The first-order valence-corrected chi connectivity index (χ1v) is 6.03. The molecule has 1 atom stereocenters. The summed E-state index contributed by atoms with van der Waals surface area (Å²) in [5.74, 6) is 0.434. The number of carbonyl (C=O) groups is 1. The fourth-order valence-electron chi connectivity index (χ4n) is 2.17. The standard InChI is InChI=1S/C13H18N2O/c16-13-12(5-1-2-9-15-13)7-6-11-4-3-8-14-10-11/h3-4,8,10,12H,1-2,5-7,9H2,(H,15,16). The molecule has 1 aromatic heterocycles. The molecule has 0 aliphatic carbocycles. The molecule has 1 fully saturated rings. The van der Waals surface area contributed by atoms with Gasteiger partial charge in [-0.3, -0.25) is 9.78 Å². The average molecular weight is 218 g/mol. The lowest BCUT2D eigenvalue weighted by atomic mass is 9.95. The van der Waals surface area contributed by atoms with Gasteiger partial charge in [-0.05, 0) is 37.3 Å². The van der Waals surface area contributed by atoms with Crippen molar-refractivity contribution in [1.82, 2.24) is 10.3 Å². The van der Waals surface area contributed by atoms with E-state index in [0.717, 1.165) is 38.6 Å². The van der Waals surface area contributed by atoms with Crippen LogP contribution in [0.15, 0.2) is 24.5 Å². The van der Waals surface area contributed by atoms with E-state index in [1.165, 1.54) is 5.56 Å². The van der Waals surface area contributed by atoms with E-state index >= 15 is 0 Å². The van der Waals surface area contributed by atoms with E-state index in [1.54, 1.807) is 6.20 Å². The molecule has 86 valence electrons. The molecule has 0 radical (unpaired) electrons. The maximum atomic E-state index is 11.7. The summed E-state index contributed by atoms with van der Waals surface area (Å²) in [7, 11) is 0. The summed E-state index contributed by atoms with van der Waals surface area (Å²) in [6.45, 7) is 0.849. The normalized spacial score (nSPS) is 21.2. The highest BCUT2D eigenvalue weighted by Gasteiger charge is 2.19. The zero-order valence-electron chi connectivity index (χ0n) is 9.48. The number of hydrogen-bond acceptors (Lipinski definition) is 2. The Bertz CT molecular complexity index is 337. The number of rotatable bonds is 3. The van der Waals surface area contributed by atoms with Crippen LogP contribution in [-0.4, -0.2) is 17.4 Å². The van der Waals surface area contributed by atoms with Crippen LogP contribution >= 0.6 is 0 Å². The summed E-state index contributed by atoms with van der Waals surface area (Å²) < 4.78 is 0. The van der Waals surface area contributed by atoms with Crippen molar-refractivity contribution in [3.63, 3.8) is 0 Å². The Morgan fingerprint density at radius 1 is 1.44 bits per heavy atom. The second kappa shape index (κ2) is 5.64. The Morgan fingerprint density at radius 2 is 2.38 bits per heavy atom. The maximum Gasteiger partial charge on any atom is 0.223 e. The zero-order valence-corrected chi connectivity index (χ0v) is 9.48. The Labute approximate surface area is 96.3 Å². The third-order valence-corrected chi connectivity index (χ3v) is 3.15. The molecular weight excluding hydrogens is 200 g/mol. The minimum Gasteiger partial charge on any atom is -0.356 e. The van der Waals surface area contributed by atoms with Crippen molar-refractivity contribution >= 4 is 5.91 Å². The van der Waals surface area contributed by atoms with Crippen molar-refractivity contribution in [1.29, 1.82) is 0 Å². The van der Waals surface area contributed by atoms with Gasteiger partial charge in [0.05, 0.1) is 0 Å². The van der Waals surface area contributed by atoms with Crippen molar-refractivity contribution in [3.8, 4) is 0 Å². The number of nitrogens with one attached hydrogen (secondary N) is 1. The van der Waals surface area contributed by atoms with Crippen LogP contribution in [0.25, 0.3) is 0 Å². The van der Waals surface area contributed by atoms with Crippen LogP contribution in [-0.2, 0) is 11.2 Å². The lowest BCUT2D eigenvalue weighted by Crippen LogP contribution is -2.29. The van der Waals surface area contributed by atoms with E-state index in [2.05, 4.69) is 16.4 Å². The number of nitrogens with zero attached hydrogens (tertiary/aromatic N) is 1. The number of aryl methyl sites for hydroxylation is 1. The lowest BCUT2D eigenvalue weighted by molar-refractivity contribution is -0.124. The van der Waals surface area contributed by atoms with Crippen molar-refractivity contribution < 1.29 is 4.79 Å². The summed E-state index contributed by atoms with van der Waals surface area (Å²) in [6.07, 6.45) is 8.87. The molecule has 1 amide bonds. The fourth-order valence-corrected chi connectivity index (χ4v) is 2.17. The van der Waals surface area contributed by atoms with Gasteiger partial charge < -0.3 is 5.32 Å². The van der Waals surface area contributed by atoms with Gasteiger partial charge in [0.25, 0.3) is 0 Å².